The second-order valence-corrected chi connectivity index (χ2v) is 6.46. The molecule has 132 valence electrons. The van der Waals surface area contributed by atoms with Crippen molar-refractivity contribution < 1.29 is 34.5 Å². The number of hydrogen-bond donors (Lipinski definition) is 3. The van der Waals surface area contributed by atoms with E-state index >= 15 is 0 Å². The van der Waals surface area contributed by atoms with Crippen LogP contribution in [0.15, 0.2) is 24.5 Å². The molecule has 3 rings (SSSR count). The van der Waals surface area contributed by atoms with Crippen molar-refractivity contribution in [3.63, 3.8) is 0 Å². The molecule has 2 saturated heterocycles. The Balaban J connectivity index is 1.88. The highest BCUT2D eigenvalue weighted by atomic mass is 16.6. The first-order valence-electron chi connectivity index (χ1n) is 8.01. The highest BCUT2D eigenvalue weighted by Crippen LogP contribution is 2.30. The van der Waals surface area contributed by atoms with Gasteiger partial charge in [-0.25, -0.2) is 0 Å². The SMILES string of the molecule is CN1CCCC1c1ccc[n+]([C@H]2O[C@H](C(=O)[O-])[C@@H](O)[C@H](O)[C@H]2O)c1. The van der Waals surface area contributed by atoms with Crippen LogP contribution >= 0.6 is 0 Å². The van der Waals surface area contributed by atoms with Crippen LogP contribution in [0.2, 0.25) is 0 Å². The summed E-state index contributed by atoms with van der Waals surface area (Å²) in [6.07, 6.45) is -2.18. The van der Waals surface area contributed by atoms with Crippen molar-refractivity contribution in [1.29, 1.82) is 0 Å². The number of pyridine rings is 1. The zero-order valence-electron chi connectivity index (χ0n) is 13.4. The normalized spacial score (nSPS) is 37.5. The van der Waals surface area contributed by atoms with Crippen LogP contribution in [0.4, 0.5) is 0 Å². The predicted molar refractivity (Wildman–Crippen MR) is 78.2 cm³/mol. The third-order valence-electron chi connectivity index (χ3n) is 4.86. The maximum absolute atomic E-state index is 11.1. The van der Waals surface area contributed by atoms with Gasteiger partial charge in [0, 0.05) is 17.7 Å². The van der Waals surface area contributed by atoms with E-state index in [1.54, 1.807) is 18.5 Å². The van der Waals surface area contributed by atoms with Gasteiger partial charge in [0.05, 0.1) is 5.97 Å². The van der Waals surface area contributed by atoms with Crippen LogP contribution in [-0.4, -0.2) is 64.2 Å². The molecule has 2 fully saturated rings. The number of aromatic nitrogens is 1. The summed E-state index contributed by atoms with van der Waals surface area (Å²) in [5, 5.41) is 41.0. The first-order chi connectivity index (χ1) is 11.4. The van der Waals surface area contributed by atoms with E-state index in [2.05, 4.69) is 4.90 Å². The number of ether oxygens (including phenoxy) is 1. The van der Waals surface area contributed by atoms with Crippen LogP contribution in [0.5, 0.6) is 0 Å². The first-order valence-corrected chi connectivity index (χ1v) is 8.01. The van der Waals surface area contributed by atoms with Gasteiger partial charge in [0.15, 0.2) is 18.5 Å². The number of nitrogens with zero attached hydrogens (tertiary/aromatic N) is 2. The quantitative estimate of drug-likeness (QED) is 0.520. The summed E-state index contributed by atoms with van der Waals surface area (Å²) in [7, 11) is 2.03. The van der Waals surface area contributed by atoms with Gasteiger partial charge in [-0.3, -0.25) is 4.90 Å². The average molecular weight is 338 g/mol. The summed E-state index contributed by atoms with van der Waals surface area (Å²) in [6, 6.07) is 3.98. The van der Waals surface area contributed by atoms with Crippen molar-refractivity contribution in [2.24, 2.45) is 0 Å². The number of aliphatic carboxylic acids is 1. The van der Waals surface area contributed by atoms with Crippen molar-refractivity contribution in [2.75, 3.05) is 13.6 Å². The monoisotopic (exact) mass is 338 g/mol. The number of hydrogen-bond acceptors (Lipinski definition) is 7. The van der Waals surface area contributed by atoms with E-state index in [0.29, 0.717) is 0 Å². The fourth-order valence-corrected chi connectivity index (χ4v) is 3.50. The highest BCUT2D eigenvalue weighted by Gasteiger charge is 2.48. The molecule has 0 bridgehead atoms. The fourth-order valence-electron chi connectivity index (χ4n) is 3.50. The zero-order valence-corrected chi connectivity index (χ0v) is 13.4. The Kier molecular flexibility index (Phi) is 4.84. The summed E-state index contributed by atoms with van der Waals surface area (Å²) in [4.78, 5) is 13.3. The number of carbonyl (C=O) groups excluding carboxylic acids is 1. The van der Waals surface area contributed by atoms with Crippen LogP contribution in [0.25, 0.3) is 0 Å². The molecule has 8 nitrogen and oxygen atoms in total. The van der Waals surface area contributed by atoms with Gasteiger partial charge in [0.1, 0.15) is 18.3 Å². The topological polar surface area (TPSA) is 117 Å². The molecule has 0 radical (unpaired) electrons. The molecule has 2 aliphatic heterocycles. The molecule has 0 aromatic carbocycles. The smallest absolute Gasteiger partial charge is 0.292 e. The summed E-state index contributed by atoms with van der Waals surface area (Å²) in [5.74, 6) is -1.63. The van der Waals surface area contributed by atoms with Crippen molar-refractivity contribution in [2.45, 2.75) is 49.5 Å². The maximum atomic E-state index is 11.1. The van der Waals surface area contributed by atoms with Crippen molar-refractivity contribution in [3.05, 3.63) is 30.1 Å². The largest absolute Gasteiger partial charge is 0.547 e. The molecule has 1 unspecified atom stereocenters. The second kappa shape index (κ2) is 6.73. The predicted octanol–water partition coefficient (Wildman–Crippen LogP) is -2.53. The highest BCUT2D eigenvalue weighted by molar-refractivity contribution is 5.71. The number of aliphatic hydroxyl groups is 3. The lowest BCUT2D eigenvalue weighted by Crippen LogP contribution is -2.65. The van der Waals surface area contributed by atoms with Crippen LogP contribution in [0.3, 0.4) is 0 Å². The lowest BCUT2D eigenvalue weighted by molar-refractivity contribution is -0.777. The minimum absolute atomic E-state index is 0.241. The molecule has 0 spiro atoms. The van der Waals surface area contributed by atoms with Crippen molar-refractivity contribution in [1.82, 2.24) is 4.90 Å². The lowest BCUT2D eigenvalue weighted by atomic mass is 9.97. The standard InChI is InChI=1S/C16H22N2O6/c1-17-6-3-5-10(17)9-4-2-7-18(8-9)15-13(21)11(19)12(20)14(24-15)16(22)23/h2,4,7-8,10-15,19-21H,3,5-6H2,1H3/t10?,11-,12-,13+,14-,15-/m0/s1. The Labute approximate surface area is 139 Å². The lowest BCUT2D eigenvalue weighted by Gasteiger charge is -2.37. The Morgan fingerprint density at radius 2 is 2.08 bits per heavy atom. The van der Waals surface area contributed by atoms with Crippen LogP contribution in [0, 0.1) is 0 Å². The Morgan fingerprint density at radius 3 is 2.71 bits per heavy atom. The molecular weight excluding hydrogens is 316 g/mol. The Bertz CT molecular complexity index is 612. The molecular formula is C16H22N2O6. The Hall–Kier alpha value is -1.58. The van der Waals surface area contributed by atoms with E-state index in [-0.39, 0.29) is 6.04 Å². The van der Waals surface area contributed by atoms with Gasteiger partial charge < -0.3 is 30.0 Å². The molecule has 0 saturated carbocycles. The van der Waals surface area contributed by atoms with E-state index in [1.807, 2.05) is 13.1 Å². The van der Waals surface area contributed by atoms with Gasteiger partial charge in [-0.05, 0) is 32.5 Å². The van der Waals surface area contributed by atoms with Gasteiger partial charge in [0.2, 0.25) is 0 Å². The summed E-state index contributed by atoms with van der Waals surface area (Å²) in [5.41, 5.74) is 1.01. The van der Waals surface area contributed by atoms with Crippen molar-refractivity contribution >= 4 is 5.97 Å². The molecule has 0 aliphatic carbocycles. The van der Waals surface area contributed by atoms with E-state index in [0.717, 1.165) is 24.9 Å². The van der Waals surface area contributed by atoms with E-state index < -0.39 is 36.6 Å². The molecule has 3 N–H and O–H groups in total. The zero-order chi connectivity index (χ0) is 17.4. The van der Waals surface area contributed by atoms with E-state index in [4.69, 9.17) is 4.74 Å². The van der Waals surface area contributed by atoms with Crippen LogP contribution < -0.4 is 9.67 Å². The van der Waals surface area contributed by atoms with E-state index in [1.165, 1.54) is 4.57 Å². The Morgan fingerprint density at radius 1 is 1.33 bits per heavy atom. The molecule has 24 heavy (non-hydrogen) atoms. The number of carbonyl (C=O) groups is 1. The number of carboxylic acids is 1. The van der Waals surface area contributed by atoms with Gasteiger partial charge in [-0.2, -0.15) is 4.57 Å². The summed E-state index contributed by atoms with van der Waals surface area (Å²) in [6.45, 7) is 1.000. The molecule has 3 heterocycles. The second-order valence-electron chi connectivity index (χ2n) is 6.46. The third kappa shape index (κ3) is 3.03. The number of rotatable bonds is 3. The van der Waals surface area contributed by atoms with Crippen LogP contribution in [-0.2, 0) is 9.53 Å². The fraction of sp³-hybridized carbons (Fsp3) is 0.625. The van der Waals surface area contributed by atoms with Crippen LogP contribution in [0.1, 0.15) is 30.7 Å². The molecule has 1 aromatic heterocycles. The molecule has 1 aromatic rings. The third-order valence-corrected chi connectivity index (χ3v) is 4.86. The van der Waals surface area contributed by atoms with Gasteiger partial charge in [-0.15, -0.1) is 0 Å². The van der Waals surface area contributed by atoms with Gasteiger partial charge in [-0.1, -0.05) is 0 Å². The molecule has 8 heteroatoms. The summed E-state index contributed by atoms with van der Waals surface area (Å²) >= 11 is 0. The average Bonchev–Trinajstić information content (AvgIpc) is 2.99. The number of likely N-dealkylation sites (tertiary alicyclic amines) is 1. The van der Waals surface area contributed by atoms with Gasteiger partial charge in [0.25, 0.3) is 6.23 Å². The van der Waals surface area contributed by atoms with Crippen molar-refractivity contribution in [3.8, 4) is 0 Å². The minimum atomic E-state index is -1.74. The van der Waals surface area contributed by atoms with Gasteiger partial charge >= 0.3 is 0 Å². The van der Waals surface area contributed by atoms with E-state index in [9.17, 15) is 25.2 Å². The molecule has 2 aliphatic rings. The summed E-state index contributed by atoms with van der Waals surface area (Å²) < 4.78 is 6.83. The first kappa shape index (κ1) is 17.2. The molecule has 0 amide bonds. The minimum Gasteiger partial charge on any atom is -0.547 e. The molecule has 6 atom stereocenters. The maximum Gasteiger partial charge on any atom is 0.292 e. The number of carboxylic acid groups (broad SMARTS) is 1. The number of aliphatic hydroxyl groups excluding tert-OH is 3.